The molecule has 9 nitrogen and oxygen atoms in total. The number of rotatable bonds is 8. The van der Waals surface area contributed by atoms with Gasteiger partial charge in [-0.25, -0.2) is 4.99 Å². The second-order valence-corrected chi connectivity index (χ2v) is 7.87. The number of hydrogen-bond acceptors (Lipinski definition) is 6. The van der Waals surface area contributed by atoms with Gasteiger partial charge in [-0.2, -0.15) is 0 Å². The molecule has 1 aliphatic heterocycles. The van der Waals surface area contributed by atoms with Crippen molar-refractivity contribution in [2.75, 3.05) is 34.4 Å². The first-order chi connectivity index (χ1) is 14.9. The van der Waals surface area contributed by atoms with Gasteiger partial charge in [0.25, 0.3) is 0 Å². The van der Waals surface area contributed by atoms with Crippen molar-refractivity contribution in [1.82, 2.24) is 25.0 Å². The van der Waals surface area contributed by atoms with Gasteiger partial charge in [-0.05, 0) is 49.9 Å². The van der Waals surface area contributed by atoms with Crippen LogP contribution >= 0.6 is 24.0 Å². The Kier molecular flexibility index (Phi) is 10.0. The Morgan fingerprint density at radius 3 is 2.56 bits per heavy atom. The number of hydrogen-bond donors (Lipinski definition) is 1. The van der Waals surface area contributed by atoms with Gasteiger partial charge < -0.3 is 29.0 Å². The molecule has 0 aliphatic carbocycles. The summed E-state index contributed by atoms with van der Waals surface area (Å²) in [6.45, 7) is 6.68. The largest absolute Gasteiger partial charge is 0.493 e. The highest BCUT2D eigenvalue weighted by Crippen LogP contribution is 2.30. The zero-order chi connectivity index (χ0) is 22.4. The van der Waals surface area contributed by atoms with Crippen molar-refractivity contribution in [2.45, 2.75) is 45.9 Å². The maximum atomic E-state index is 5.77. The number of nitrogens with one attached hydrogen (secondary N) is 1. The fraction of sp³-hybridized carbons (Fsp3) is 0.591. The van der Waals surface area contributed by atoms with Gasteiger partial charge >= 0.3 is 0 Å². The van der Waals surface area contributed by atoms with Crippen LogP contribution in [-0.2, 0) is 24.9 Å². The van der Waals surface area contributed by atoms with Crippen LogP contribution in [0.5, 0.6) is 11.5 Å². The van der Waals surface area contributed by atoms with Crippen LogP contribution in [0, 0.1) is 13.8 Å². The van der Waals surface area contributed by atoms with E-state index in [1.807, 2.05) is 37.7 Å². The van der Waals surface area contributed by atoms with Crippen LogP contribution in [0.15, 0.2) is 17.1 Å². The Morgan fingerprint density at radius 1 is 1.25 bits per heavy atom. The Bertz CT molecular complexity index is 911. The molecule has 1 fully saturated rings. The first-order valence-corrected chi connectivity index (χ1v) is 10.6. The number of aliphatic imine (C=N–C) groups is 1. The standard InChI is InChI=1S/C22H34N6O3.HI/c1-15-10-19(29-5)20(30-6)11-17(15)14-27(3)22(23-12-18-8-7-9-31-18)24-13-21-26-25-16(2)28(21)4;/h10-11,18H,7-9,12-14H2,1-6H3,(H,23,24);1H. The molecule has 1 aliphatic rings. The molecular weight excluding hydrogens is 523 g/mol. The van der Waals surface area contributed by atoms with E-state index in [2.05, 4.69) is 27.3 Å². The predicted molar refractivity (Wildman–Crippen MR) is 135 cm³/mol. The Morgan fingerprint density at radius 2 is 1.97 bits per heavy atom. The van der Waals surface area contributed by atoms with E-state index < -0.39 is 0 Å². The molecule has 1 unspecified atom stereocenters. The predicted octanol–water partition coefficient (Wildman–Crippen LogP) is 2.82. The topological polar surface area (TPSA) is 86.0 Å². The van der Waals surface area contributed by atoms with E-state index in [0.717, 1.165) is 66.2 Å². The number of ether oxygens (including phenoxy) is 3. The van der Waals surface area contributed by atoms with E-state index in [4.69, 9.17) is 19.2 Å². The van der Waals surface area contributed by atoms with Crippen molar-refractivity contribution in [2.24, 2.45) is 12.0 Å². The van der Waals surface area contributed by atoms with Crippen LogP contribution in [0.3, 0.4) is 0 Å². The van der Waals surface area contributed by atoms with Crippen molar-refractivity contribution in [3.8, 4) is 11.5 Å². The van der Waals surface area contributed by atoms with Crippen LogP contribution in [0.25, 0.3) is 0 Å². The third-order valence-electron chi connectivity index (χ3n) is 5.68. The minimum atomic E-state index is 0. The van der Waals surface area contributed by atoms with Crippen molar-refractivity contribution >= 4 is 29.9 Å². The molecule has 32 heavy (non-hydrogen) atoms. The first kappa shape index (κ1) is 26.2. The molecule has 0 bridgehead atoms. The lowest BCUT2D eigenvalue weighted by molar-refractivity contribution is 0.113. The van der Waals surface area contributed by atoms with E-state index in [-0.39, 0.29) is 30.1 Å². The third-order valence-corrected chi connectivity index (χ3v) is 5.68. The molecule has 10 heteroatoms. The van der Waals surface area contributed by atoms with Gasteiger partial charge in [-0.3, -0.25) is 0 Å². The van der Waals surface area contributed by atoms with E-state index in [1.54, 1.807) is 14.2 Å². The molecule has 1 atom stereocenters. The summed E-state index contributed by atoms with van der Waals surface area (Å²) in [6, 6.07) is 4.02. The molecule has 0 amide bonds. The zero-order valence-electron chi connectivity index (χ0n) is 19.8. The second kappa shape index (κ2) is 12.2. The normalized spacial score (nSPS) is 15.9. The van der Waals surface area contributed by atoms with E-state index >= 15 is 0 Å². The second-order valence-electron chi connectivity index (χ2n) is 7.87. The smallest absolute Gasteiger partial charge is 0.194 e. The lowest BCUT2D eigenvalue weighted by atomic mass is 10.1. The number of nitrogens with zero attached hydrogens (tertiary/aromatic N) is 5. The molecule has 1 N–H and O–H groups in total. The van der Waals surface area contributed by atoms with Crippen LogP contribution in [0.2, 0.25) is 0 Å². The van der Waals surface area contributed by atoms with Gasteiger partial charge in [0.1, 0.15) is 12.4 Å². The molecule has 2 aromatic rings. The molecule has 1 aromatic carbocycles. The summed E-state index contributed by atoms with van der Waals surface area (Å²) in [6.07, 6.45) is 2.40. The van der Waals surface area contributed by atoms with Crippen LogP contribution in [0.4, 0.5) is 0 Å². The Balaban J connectivity index is 0.00000363. The van der Waals surface area contributed by atoms with Crippen molar-refractivity contribution < 1.29 is 14.2 Å². The average molecular weight is 558 g/mol. The van der Waals surface area contributed by atoms with E-state index in [9.17, 15) is 0 Å². The summed E-state index contributed by atoms with van der Waals surface area (Å²) in [5.41, 5.74) is 2.27. The van der Waals surface area contributed by atoms with Crippen LogP contribution in [-0.4, -0.2) is 66.1 Å². The van der Waals surface area contributed by atoms with Gasteiger partial charge in [-0.15, -0.1) is 34.2 Å². The molecule has 1 saturated heterocycles. The minimum absolute atomic E-state index is 0. The molecule has 3 rings (SSSR count). The average Bonchev–Trinajstić information content (AvgIpc) is 3.39. The molecule has 0 spiro atoms. The Hall–Kier alpha value is -2.08. The molecule has 178 valence electrons. The maximum Gasteiger partial charge on any atom is 0.194 e. The molecule has 0 radical (unpaired) electrons. The molecule has 0 saturated carbocycles. The fourth-order valence-corrected chi connectivity index (χ4v) is 3.58. The van der Waals surface area contributed by atoms with Crippen molar-refractivity contribution in [3.63, 3.8) is 0 Å². The number of aryl methyl sites for hydroxylation is 2. The molecule has 1 aromatic heterocycles. The minimum Gasteiger partial charge on any atom is -0.493 e. The summed E-state index contributed by atoms with van der Waals surface area (Å²) in [4.78, 5) is 6.93. The summed E-state index contributed by atoms with van der Waals surface area (Å²) in [5.74, 6) is 3.94. The van der Waals surface area contributed by atoms with Crippen LogP contribution in [0.1, 0.15) is 35.6 Å². The third kappa shape index (κ3) is 6.47. The van der Waals surface area contributed by atoms with Gasteiger partial charge in [0.05, 0.1) is 20.3 Å². The van der Waals surface area contributed by atoms with Gasteiger partial charge in [0.2, 0.25) is 0 Å². The summed E-state index contributed by atoms with van der Waals surface area (Å²) >= 11 is 0. The van der Waals surface area contributed by atoms with Gasteiger partial charge in [0.15, 0.2) is 23.3 Å². The lowest BCUT2D eigenvalue weighted by Gasteiger charge is -2.25. The number of aromatic nitrogens is 3. The highest BCUT2D eigenvalue weighted by Gasteiger charge is 2.18. The van der Waals surface area contributed by atoms with Crippen molar-refractivity contribution in [1.29, 1.82) is 0 Å². The number of benzene rings is 1. The number of methoxy groups -OCH3 is 2. The summed E-state index contributed by atoms with van der Waals surface area (Å²) in [5, 5.41) is 11.8. The van der Waals surface area contributed by atoms with E-state index in [0.29, 0.717) is 13.1 Å². The van der Waals surface area contributed by atoms with Gasteiger partial charge in [0, 0.05) is 33.8 Å². The quantitative estimate of drug-likeness (QED) is 0.303. The summed E-state index contributed by atoms with van der Waals surface area (Å²) in [7, 11) is 7.28. The fourth-order valence-electron chi connectivity index (χ4n) is 3.58. The summed E-state index contributed by atoms with van der Waals surface area (Å²) < 4.78 is 18.6. The highest BCUT2D eigenvalue weighted by molar-refractivity contribution is 14.0. The molecular formula is C22H35IN6O3. The van der Waals surface area contributed by atoms with E-state index in [1.165, 1.54) is 0 Å². The maximum absolute atomic E-state index is 5.77. The number of guanidine groups is 1. The number of halogens is 1. The monoisotopic (exact) mass is 558 g/mol. The van der Waals surface area contributed by atoms with Crippen LogP contribution < -0.4 is 14.8 Å². The Labute approximate surface area is 207 Å². The highest BCUT2D eigenvalue weighted by atomic mass is 127. The van der Waals surface area contributed by atoms with Crippen molar-refractivity contribution in [3.05, 3.63) is 34.9 Å². The lowest BCUT2D eigenvalue weighted by Crippen LogP contribution is -2.42. The molecule has 2 heterocycles. The SMILES string of the molecule is COc1cc(C)c(CN(C)C(=NCc2nnc(C)n2C)NCC2CCCO2)cc1OC.I. The first-order valence-electron chi connectivity index (χ1n) is 10.6. The van der Waals surface area contributed by atoms with Gasteiger partial charge in [-0.1, -0.05) is 0 Å². The zero-order valence-corrected chi connectivity index (χ0v) is 22.2.